The number of nitrogens with zero attached hydrogens (tertiary/aromatic N) is 1. The molecule has 2 aliphatic rings. The van der Waals surface area contributed by atoms with Gasteiger partial charge in [-0.15, -0.1) is 0 Å². The van der Waals surface area contributed by atoms with Gasteiger partial charge in [-0.1, -0.05) is 6.07 Å². The third-order valence-electron chi connectivity index (χ3n) is 4.41. The van der Waals surface area contributed by atoms with E-state index in [0.717, 1.165) is 30.9 Å². The van der Waals surface area contributed by atoms with Crippen LogP contribution in [0.4, 0.5) is 0 Å². The van der Waals surface area contributed by atoms with E-state index in [1.165, 1.54) is 11.1 Å². The molecule has 1 aromatic rings. The van der Waals surface area contributed by atoms with Crippen molar-refractivity contribution in [2.24, 2.45) is 0 Å². The first kappa shape index (κ1) is 13.4. The molecular formula is C16H22N2O2. The Morgan fingerprint density at radius 2 is 2.10 bits per heavy atom. The topological polar surface area (TPSA) is 41.6 Å². The number of amides is 1. The van der Waals surface area contributed by atoms with E-state index in [-0.39, 0.29) is 18.1 Å². The lowest BCUT2D eigenvalue weighted by Gasteiger charge is -2.35. The summed E-state index contributed by atoms with van der Waals surface area (Å²) in [6.07, 6.45) is 0.359. The van der Waals surface area contributed by atoms with Crippen molar-refractivity contribution in [3.63, 3.8) is 0 Å². The highest BCUT2D eigenvalue weighted by molar-refractivity contribution is 5.83. The number of hydrogen-bond acceptors (Lipinski definition) is 3. The number of hydrogen-bond donors (Lipinski definition) is 1. The number of piperazine rings is 1. The predicted octanol–water partition coefficient (Wildman–Crippen LogP) is 1.43. The van der Waals surface area contributed by atoms with Gasteiger partial charge in [-0.25, -0.2) is 0 Å². The van der Waals surface area contributed by atoms with E-state index in [9.17, 15) is 4.79 Å². The third kappa shape index (κ3) is 2.29. The van der Waals surface area contributed by atoms with Crippen LogP contribution >= 0.6 is 0 Å². The van der Waals surface area contributed by atoms with E-state index in [0.29, 0.717) is 6.42 Å². The van der Waals surface area contributed by atoms with Crippen LogP contribution in [0.15, 0.2) is 12.1 Å². The molecule has 1 fully saturated rings. The maximum Gasteiger partial charge on any atom is 0.264 e. The molecule has 0 radical (unpaired) electrons. The predicted molar refractivity (Wildman–Crippen MR) is 78.1 cm³/mol. The van der Waals surface area contributed by atoms with Gasteiger partial charge in [0.05, 0.1) is 0 Å². The van der Waals surface area contributed by atoms with Crippen molar-refractivity contribution in [1.82, 2.24) is 10.2 Å². The van der Waals surface area contributed by atoms with E-state index in [1.54, 1.807) is 0 Å². The molecule has 0 aromatic heterocycles. The molecule has 2 unspecified atom stereocenters. The van der Waals surface area contributed by atoms with Crippen LogP contribution in [0.3, 0.4) is 0 Å². The lowest BCUT2D eigenvalue weighted by molar-refractivity contribution is -0.140. The molecule has 2 aliphatic heterocycles. The Balaban J connectivity index is 1.76. The second-order valence-corrected chi connectivity index (χ2v) is 5.94. The molecule has 1 aromatic carbocycles. The van der Waals surface area contributed by atoms with Crippen LogP contribution in [-0.2, 0) is 11.2 Å². The summed E-state index contributed by atoms with van der Waals surface area (Å²) < 4.78 is 5.89. The van der Waals surface area contributed by atoms with Crippen molar-refractivity contribution in [2.75, 3.05) is 19.6 Å². The zero-order valence-corrected chi connectivity index (χ0v) is 12.4. The van der Waals surface area contributed by atoms with Crippen molar-refractivity contribution in [3.8, 4) is 5.75 Å². The zero-order valence-electron chi connectivity index (χ0n) is 12.4. The van der Waals surface area contributed by atoms with Crippen LogP contribution in [-0.4, -0.2) is 42.6 Å². The summed E-state index contributed by atoms with van der Waals surface area (Å²) in [5.41, 5.74) is 3.64. The second-order valence-electron chi connectivity index (χ2n) is 5.94. The van der Waals surface area contributed by atoms with Crippen LogP contribution in [0.1, 0.15) is 23.6 Å². The molecule has 2 heterocycles. The van der Waals surface area contributed by atoms with Crippen molar-refractivity contribution in [1.29, 1.82) is 0 Å². The van der Waals surface area contributed by atoms with E-state index in [1.807, 2.05) is 4.90 Å². The lowest BCUT2D eigenvalue weighted by atomic mass is 10.0. The minimum atomic E-state index is -0.341. The summed E-state index contributed by atoms with van der Waals surface area (Å²) in [7, 11) is 0. The van der Waals surface area contributed by atoms with Gasteiger partial charge in [-0.3, -0.25) is 4.79 Å². The summed E-state index contributed by atoms with van der Waals surface area (Å²) in [5.74, 6) is 1.01. The summed E-state index contributed by atoms with van der Waals surface area (Å²) in [5, 5.41) is 3.31. The number of rotatable bonds is 1. The molecule has 0 aliphatic carbocycles. The van der Waals surface area contributed by atoms with Gasteiger partial charge in [0, 0.05) is 32.1 Å². The van der Waals surface area contributed by atoms with Crippen molar-refractivity contribution < 1.29 is 9.53 Å². The maximum absolute atomic E-state index is 12.6. The summed E-state index contributed by atoms with van der Waals surface area (Å²) in [6, 6.07) is 4.45. The zero-order chi connectivity index (χ0) is 14.3. The molecular weight excluding hydrogens is 252 g/mol. The van der Waals surface area contributed by atoms with Gasteiger partial charge in [-0.05, 0) is 43.5 Å². The molecule has 4 heteroatoms. The fraction of sp³-hybridized carbons (Fsp3) is 0.562. The molecule has 3 rings (SSSR count). The Hall–Kier alpha value is -1.55. The summed E-state index contributed by atoms with van der Waals surface area (Å²) in [4.78, 5) is 14.6. The molecule has 4 nitrogen and oxygen atoms in total. The Labute approximate surface area is 120 Å². The highest BCUT2D eigenvalue weighted by atomic mass is 16.5. The number of carbonyl (C=O) groups excluding carboxylic acids is 1. The molecule has 108 valence electrons. The monoisotopic (exact) mass is 274 g/mol. The molecule has 0 saturated carbocycles. The van der Waals surface area contributed by atoms with Crippen LogP contribution in [0.25, 0.3) is 0 Å². The van der Waals surface area contributed by atoms with Gasteiger partial charge < -0.3 is 15.0 Å². The number of ether oxygens (including phenoxy) is 1. The number of benzene rings is 1. The average Bonchev–Trinajstić information content (AvgIpc) is 2.82. The molecule has 0 spiro atoms. The van der Waals surface area contributed by atoms with Crippen molar-refractivity contribution in [3.05, 3.63) is 28.8 Å². The smallest absolute Gasteiger partial charge is 0.264 e. The van der Waals surface area contributed by atoms with E-state index < -0.39 is 0 Å². The Bertz CT molecular complexity index is 511. The molecule has 1 N–H and O–H groups in total. The molecule has 1 saturated heterocycles. The van der Waals surface area contributed by atoms with Crippen molar-refractivity contribution >= 4 is 5.91 Å². The van der Waals surface area contributed by atoms with Gasteiger partial charge in [0.25, 0.3) is 5.91 Å². The SMILES string of the molecule is Cc1cc2c(cc1C)OC(C(=O)N1CCNCC1C)C2. The summed E-state index contributed by atoms with van der Waals surface area (Å²) in [6.45, 7) is 8.77. The quantitative estimate of drug-likeness (QED) is 0.842. The standard InChI is InChI=1S/C16H22N2O2/c1-10-6-13-8-15(20-14(13)7-11(10)2)16(19)18-5-4-17-9-12(18)3/h6-7,12,15,17H,4-5,8-9H2,1-3H3. The molecule has 2 atom stereocenters. The molecule has 20 heavy (non-hydrogen) atoms. The number of aryl methyl sites for hydroxylation is 2. The van der Waals surface area contributed by atoms with E-state index in [2.05, 4.69) is 38.2 Å². The average molecular weight is 274 g/mol. The largest absolute Gasteiger partial charge is 0.480 e. The highest BCUT2D eigenvalue weighted by Gasteiger charge is 2.35. The Morgan fingerprint density at radius 3 is 2.85 bits per heavy atom. The number of carbonyl (C=O) groups is 1. The Morgan fingerprint density at radius 1 is 1.35 bits per heavy atom. The minimum absolute atomic E-state index is 0.130. The number of fused-ring (bicyclic) bond motifs is 1. The highest BCUT2D eigenvalue weighted by Crippen LogP contribution is 2.32. The van der Waals surface area contributed by atoms with Gasteiger partial charge in [-0.2, -0.15) is 0 Å². The maximum atomic E-state index is 12.6. The van der Waals surface area contributed by atoms with Crippen molar-refractivity contribution in [2.45, 2.75) is 39.3 Å². The normalized spacial score (nSPS) is 25.2. The second kappa shape index (κ2) is 5.09. The van der Waals surface area contributed by atoms with Crippen LogP contribution < -0.4 is 10.1 Å². The van der Waals surface area contributed by atoms with E-state index in [4.69, 9.17) is 4.74 Å². The third-order valence-corrected chi connectivity index (χ3v) is 4.41. The van der Waals surface area contributed by atoms with Gasteiger partial charge >= 0.3 is 0 Å². The molecule has 0 bridgehead atoms. The van der Waals surface area contributed by atoms with Gasteiger partial charge in [0.1, 0.15) is 5.75 Å². The van der Waals surface area contributed by atoms with Crippen LogP contribution in [0.2, 0.25) is 0 Å². The lowest BCUT2D eigenvalue weighted by Crippen LogP contribution is -2.55. The van der Waals surface area contributed by atoms with E-state index >= 15 is 0 Å². The number of nitrogens with one attached hydrogen (secondary N) is 1. The first-order valence-corrected chi connectivity index (χ1v) is 7.34. The van der Waals surface area contributed by atoms with Crippen LogP contribution in [0.5, 0.6) is 5.75 Å². The fourth-order valence-electron chi connectivity index (χ4n) is 3.00. The summed E-state index contributed by atoms with van der Waals surface area (Å²) >= 11 is 0. The Kier molecular flexibility index (Phi) is 3.42. The van der Waals surface area contributed by atoms with Crippen LogP contribution in [0, 0.1) is 13.8 Å². The van der Waals surface area contributed by atoms with Gasteiger partial charge in [0.15, 0.2) is 6.10 Å². The minimum Gasteiger partial charge on any atom is -0.480 e. The molecule has 1 amide bonds. The first-order valence-electron chi connectivity index (χ1n) is 7.34. The van der Waals surface area contributed by atoms with Gasteiger partial charge in [0.2, 0.25) is 0 Å². The fourth-order valence-corrected chi connectivity index (χ4v) is 3.00. The first-order chi connectivity index (χ1) is 9.56.